The zero-order valence-corrected chi connectivity index (χ0v) is 19.4. The maximum Gasteiger partial charge on any atom is 0.306 e. The lowest BCUT2D eigenvalue weighted by Crippen LogP contribution is -2.64. The standard InChI is InChI=1S/C23H29ClN6O3/c1-23(13-33-14-23)29-4-2-28(3-5-29)21-9-20(16(10-25)8-19(21)24)27-17-11-26-30(12-17)18-6-15(7-18)22(31)32/h8-12,15,18,25,27H,2-7,13-14H2,1H3,(H,31,32). The van der Waals surface area contributed by atoms with E-state index >= 15 is 0 Å². The fraction of sp³-hybridized carbons (Fsp3) is 0.522. The van der Waals surface area contributed by atoms with Gasteiger partial charge in [0.25, 0.3) is 0 Å². The van der Waals surface area contributed by atoms with Gasteiger partial charge in [0.05, 0.1) is 53.3 Å². The van der Waals surface area contributed by atoms with E-state index in [-0.39, 0.29) is 17.5 Å². The number of aliphatic carboxylic acids is 1. The Morgan fingerprint density at radius 2 is 2.03 bits per heavy atom. The van der Waals surface area contributed by atoms with Gasteiger partial charge in [0, 0.05) is 49.8 Å². The SMILES string of the molecule is CC1(N2CCN(c3cc(Nc4cnn(C5CC(C(=O)O)C5)c4)c(C=N)cc3Cl)CC2)COC1. The Morgan fingerprint density at radius 3 is 2.64 bits per heavy atom. The van der Waals surface area contributed by atoms with E-state index in [1.165, 1.54) is 6.21 Å². The molecule has 3 N–H and O–H groups in total. The zero-order chi connectivity index (χ0) is 23.2. The number of rotatable bonds is 7. The van der Waals surface area contributed by atoms with Gasteiger partial charge in [-0.1, -0.05) is 11.6 Å². The van der Waals surface area contributed by atoms with Crippen LogP contribution in [0.5, 0.6) is 0 Å². The number of benzene rings is 1. The first kappa shape index (κ1) is 22.2. The number of anilines is 3. The van der Waals surface area contributed by atoms with E-state index in [0.717, 1.165) is 56.5 Å². The molecule has 1 aromatic heterocycles. The number of nitrogens with zero attached hydrogens (tertiary/aromatic N) is 4. The minimum Gasteiger partial charge on any atom is -0.481 e. The lowest BCUT2D eigenvalue weighted by atomic mass is 9.80. The molecule has 0 bridgehead atoms. The van der Waals surface area contributed by atoms with E-state index in [9.17, 15) is 4.79 Å². The molecule has 2 aromatic rings. The van der Waals surface area contributed by atoms with E-state index < -0.39 is 5.97 Å². The number of piperazine rings is 1. The van der Waals surface area contributed by atoms with Crippen molar-refractivity contribution in [2.24, 2.45) is 5.92 Å². The Morgan fingerprint density at radius 1 is 1.30 bits per heavy atom. The molecule has 3 heterocycles. The Balaban J connectivity index is 1.29. The van der Waals surface area contributed by atoms with Crippen molar-refractivity contribution in [3.8, 4) is 0 Å². The Kier molecular flexibility index (Phi) is 5.80. The molecule has 176 valence electrons. The number of carboxylic acids is 1. The number of halogens is 1. The number of hydrogen-bond acceptors (Lipinski definition) is 7. The highest BCUT2D eigenvalue weighted by atomic mass is 35.5. The van der Waals surface area contributed by atoms with Crippen molar-refractivity contribution >= 4 is 40.8 Å². The molecule has 0 unspecified atom stereocenters. The largest absolute Gasteiger partial charge is 0.481 e. The van der Waals surface area contributed by atoms with Crippen LogP contribution in [0.2, 0.25) is 5.02 Å². The third kappa shape index (κ3) is 4.20. The molecule has 1 aliphatic carbocycles. The summed E-state index contributed by atoms with van der Waals surface area (Å²) in [4.78, 5) is 15.9. The third-order valence-electron chi connectivity index (χ3n) is 7.20. The monoisotopic (exact) mass is 472 g/mol. The second-order valence-corrected chi connectivity index (χ2v) is 9.90. The van der Waals surface area contributed by atoms with Crippen molar-refractivity contribution in [1.82, 2.24) is 14.7 Å². The average Bonchev–Trinajstić information content (AvgIpc) is 3.19. The summed E-state index contributed by atoms with van der Waals surface area (Å²) < 4.78 is 7.25. The minimum atomic E-state index is -0.739. The second kappa shape index (κ2) is 8.62. The highest BCUT2D eigenvalue weighted by Crippen LogP contribution is 2.39. The number of nitrogens with one attached hydrogen (secondary N) is 2. The van der Waals surface area contributed by atoms with Gasteiger partial charge in [-0.25, -0.2) is 0 Å². The number of aromatic nitrogens is 2. The van der Waals surface area contributed by atoms with Gasteiger partial charge in [0.1, 0.15) is 0 Å². The van der Waals surface area contributed by atoms with Gasteiger partial charge in [0.15, 0.2) is 0 Å². The second-order valence-electron chi connectivity index (χ2n) is 9.49. The van der Waals surface area contributed by atoms with Crippen molar-refractivity contribution in [3.05, 3.63) is 35.1 Å². The Labute approximate surface area is 197 Å². The van der Waals surface area contributed by atoms with Crippen LogP contribution in [0.3, 0.4) is 0 Å². The first-order chi connectivity index (χ1) is 15.9. The number of carbonyl (C=O) groups is 1. The summed E-state index contributed by atoms with van der Waals surface area (Å²) in [7, 11) is 0. The fourth-order valence-electron chi connectivity index (χ4n) is 4.88. The van der Waals surface area contributed by atoms with Crippen molar-refractivity contribution in [2.75, 3.05) is 49.6 Å². The van der Waals surface area contributed by atoms with Crippen LogP contribution in [-0.4, -0.2) is 76.9 Å². The van der Waals surface area contributed by atoms with Crippen LogP contribution in [0.15, 0.2) is 24.5 Å². The molecule has 10 heteroatoms. The number of hydrogen-bond donors (Lipinski definition) is 3. The molecular weight excluding hydrogens is 444 g/mol. The van der Waals surface area contributed by atoms with Crippen LogP contribution >= 0.6 is 11.6 Å². The van der Waals surface area contributed by atoms with Crippen molar-refractivity contribution in [1.29, 1.82) is 5.41 Å². The molecule has 0 atom stereocenters. The predicted octanol–water partition coefficient (Wildman–Crippen LogP) is 3.22. The Bertz CT molecular complexity index is 1050. The maximum atomic E-state index is 11.1. The third-order valence-corrected chi connectivity index (χ3v) is 7.50. The summed E-state index contributed by atoms with van der Waals surface area (Å²) in [6, 6.07) is 3.95. The molecule has 3 fully saturated rings. The normalized spacial score (nSPS) is 24.6. The summed E-state index contributed by atoms with van der Waals surface area (Å²) in [5, 5.41) is 25.3. The predicted molar refractivity (Wildman–Crippen MR) is 127 cm³/mol. The summed E-state index contributed by atoms with van der Waals surface area (Å²) in [6.45, 7) is 7.51. The van der Waals surface area contributed by atoms with Gasteiger partial charge >= 0.3 is 5.97 Å². The first-order valence-electron chi connectivity index (χ1n) is 11.3. The molecule has 9 nitrogen and oxygen atoms in total. The maximum absolute atomic E-state index is 11.1. The molecule has 5 rings (SSSR count). The van der Waals surface area contributed by atoms with Crippen LogP contribution in [0.25, 0.3) is 0 Å². The lowest BCUT2D eigenvalue weighted by molar-refractivity contribution is -0.146. The van der Waals surface area contributed by atoms with E-state index in [0.29, 0.717) is 23.4 Å². The topological polar surface area (TPSA) is 107 Å². The van der Waals surface area contributed by atoms with Crippen molar-refractivity contribution in [3.63, 3.8) is 0 Å². The van der Waals surface area contributed by atoms with Crippen LogP contribution in [-0.2, 0) is 9.53 Å². The van der Waals surface area contributed by atoms with Gasteiger partial charge in [-0.3, -0.25) is 14.4 Å². The minimum absolute atomic E-state index is 0.115. The van der Waals surface area contributed by atoms with Gasteiger partial charge in [-0.15, -0.1) is 0 Å². The number of carboxylic acid groups (broad SMARTS) is 1. The van der Waals surface area contributed by atoms with Crippen molar-refractivity contribution in [2.45, 2.75) is 31.3 Å². The highest BCUT2D eigenvalue weighted by Gasteiger charge is 2.40. The quantitative estimate of drug-likeness (QED) is 0.531. The molecule has 3 aliphatic rings. The smallest absolute Gasteiger partial charge is 0.306 e. The molecular formula is C23H29ClN6O3. The average molecular weight is 473 g/mol. The summed E-state index contributed by atoms with van der Waals surface area (Å²) >= 11 is 6.62. The summed E-state index contributed by atoms with van der Waals surface area (Å²) in [6.07, 6.45) is 6.12. The van der Waals surface area contributed by atoms with Crippen LogP contribution in [0.1, 0.15) is 31.4 Å². The molecule has 0 radical (unpaired) electrons. The summed E-state index contributed by atoms with van der Waals surface area (Å²) in [5.41, 5.74) is 3.40. The van der Waals surface area contributed by atoms with E-state index in [1.54, 1.807) is 6.20 Å². The van der Waals surface area contributed by atoms with Crippen LogP contribution < -0.4 is 10.2 Å². The van der Waals surface area contributed by atoms with Crippen LogP contribution in [0.4, 0.5) is 17.1 Å². The van der Waals surface area contributed by atoms with Gasteiger partial charge in [-0.05, 0) is 31.9 Å². The van der Waals surface area contributed by atoms with Crippen LogP contribution in [0, 0.1) is 11.3 Å². The molecule has 1 saturated carbocycles. The molecule has 0 spiro atoms. The molecule has 1 aromatic carbocycles. The highest BCUT2D eigenvalue weighted by molar-refractivity contribution is 6.33. The molecule has 33 heavy (non-hydrogen) atoms. The summed E-state index contributed by atoms with van der Waals surface area (Å²) in [5.74, 6) is -1.02. The van der Waals surface area contributed by atoms with E-state index in [4.69, 9.17) is 26.9 Å². The molecule has 2 saturated heterocycles. The van der Waals surface area contributed by atoms with Gasteiger partial charge in [-0.2, -0.15) is 5.10 Å². The first-order valence-corrected chi connectivity index (χ1v) is 11.7. The van der Waals surface area contributed by atoms with Crippen molar-refractivity contribution < 1.29 is 14.6 Å². The molecule has 2 aliphatic heterocycles. The van der Waals surface area contributed by atoms with E-state index in [1.807, 2.05) is 23.0 Å². The van der Waals surface area contributed by atoms with Gasteiger partial charge in [0.2, 0.25) is 0 Å². The van der Waals surface area contributed by atoms with E-state index in [2.05, 4.69) is 27.1 Å². The fourth-order valence-corrected chi connectivity index (χ4v) is 5.17. The molecule has 0 amide bonds. The lowest BCUT2D eigenvalue weighted by Gasteiger charge is -2.50. The zero-order valence-electron chi connectivity index (χ0n) is 18.6. The Hall–Kier alpha value is -2.62. The van der Waals surface area contributed by atoms with Gasteiger partial charge < -0.3 is 25.5 Å². The number of ether oxygens (including phenoxy) is 1.